The molecular weight excluding hydrogens is 274 g/mol. The molecule has 3 heterocycles. The number of aromatic nitrogens is 2. The molecule has 3 aromatic heterocycles. The van der Waals surface area contributed by atoms with Crippen molar-refractivity contribution in [2.75, 3.05) is 6.54 Å². The van der Waals surface area contributed by atoms with E-state index in [1.807, 2.05) is 11.4 Å². The second-order valence-electron chi connectivity index (χ2n) is 4.04. The molecule has 100 valence electrons. The number of nitrogens with two attached hydrogens (primary N) is 1. The van der Waals surface area contributed by atoms with E-state index >= 15 is 0 Å². The second-order valence-corrected chi connectivity index (χ2v) is 5.04. The zero-order valence-corrected chi connectivity index (χ0v) is 11.3. The molecule has 0 unspecified atom stereocenters. The van der Waals surface area contributed by atoms with Crippen molar-refractivity contribution >= 4 is 22.6 Å². The molecule has 0 aliphatic carbocycles. The first kappa shape index (κ1) is 12.7. The summed E-state index contributed by atoms with van der Waals surface area (Å²) in [6.07, 6.45) is 1.64. The Kier molecular flexibility index (Phi) is 3.37. The number of nitrogens with zero attached hydrogens (tertiary/aromatic N) is 2. The van der Waals surface area contributed by atoms with Crippen LogP contribution in [0.2, 0.25) is 0 Å². The van der Waals surface area contributed by atoms with Gasteiger partial charge in [-0.1, -0.05) is 11.8 Å². The summed E-state index contributed by atoms with van der Waals surface area (Å²) in [5, 5.41) is 1.94. The van der Waals surface area contributed by atoms with Crippen molar-refractivity contribution in [3.05, 3.63) is 50.8 Å². The fourth-order valence-corrected chi connectivity index (χ4v) is 2.72. The van der Waals surface area contributed by atoms with Crippen molar-refractivity contribution < 1.29 is 4.42 Å². The highest BCUT2D eigenvalue weighted by Crippen LogP contribution is 2.18. The average Bonchev–Trinajstić information content (AvgIpc) is 3.02. The molecule has 3 rings (SSSR count). The number of hydrogen-bond donors (Lipinski definition) is 1. The van der Waals surface area contributed by atoms with E-state index in [9.17, 15) is 4.79 Å². The number of hydrogen-bond acceptors (Lipinski definition) is 5. The molecule has 0 radical (unpaired) electrons. The van der Waals surface area contributed by atoms with Crippen molar-refractivity contribution in [3.8, 4) is 11.8 Å². The van der Waals surface area contributed by atoms with Crippen LogP contribution in [0.5, 0.6) is 0 Å². The van der Waals surface area contributed by atoms with Crippen LogP contribution in [-0.2, 0) is 6.54 Å². The summed E-state index contributed by atoms with van der Waals surface area (Å²) in [6.45, 7) is 0.709. The second kappa shape index (κ2) is 5.33. The smallest absolute Gasteiger partial charge is 0.406 e. The lowest BCUT2D eigenvalue weighted by atomic mass is 10.2. The third kappa shape index (κ3) is 2.25. The Hall–Kier alpha value is -2.36. The Labute approximate surface area is 118 Å². The van der Waals surface area contributed by atoms with E-state index < -0.39 is 5.76 Å². The molecular formula is C14H11N3O2S. The number of thiophene rings is 1. The molecule has 0 aromatic carbocycles. The molecule has 2 N–H and O–H groups in total. The van der Waals surface area contributed by atoms with E-state index in [1.165, 1.54) is 4.57 Å². The van der Waals surface area contributed by atoms with E-state index in [1.54, 1.807) is 29.7 Å². The standard InChI is InChI=1S/C14H11N3O2S/c15-6-1-3-10-5-8-20-12(10)9-17-13-11(19-14(17)18)4-2-7-16-13/h2,4-5,7-8H,6,9,15H2. The summed E-state index contributed by atoms with van der Waals surface area (Å²) < 4.78 is 6.67. The minimum absolute atomic E-state index is 0.311. The number of fused-ring (bicyclic) bond motifs is 1. The third-order valence-corrected chi connectivity index (χ3v) is 3.70. The Balaban J connectivity index is 2.04. The van der Waals surface area contributed by atoms with E-state index in [-0.39, 0.29) is 0 Å². The number of rotatable bonds is 2. The number of pyridine rings is 1. The monoisotopic (exact) mass is 285 g/mol. The first-order valence-electron chi connectivity index (χ1n) is 5.99. The first-order chi connectivity index (χ1) is 9.79. The summed E-state index contributed by atoms with van der Waals surface area (Å²) >= 11 is 1.54. The zero-order chi connectivity index (χ0) is 13.9. The molecule has 20 heavy (non-hydrogen) atoms. The predicted octanol–water partition coefficient (Wildman–Crippen LogP) is 1.41. The van der Waals surface area contributed by atoms with Crippen LogP contribution in [0.1, 0.15) is 10.4 Å². The minimum atomic E-state index is -0.412. The Bertz CT molecular complexity index is 864. The normalized spacial score (nSPS) is 10.4. The maximum absolute atomic E-state index is 11.9. The van der Waals surface area contributed by atoms with E-state index in [0.29, 0.717) is 24.3 Å². The van der Waals surface area contributed by atoms with Gasteiger partial charge in [-0.15, -0.1) is 11.3 Å². The van der Waals surface area contributed by atoms with E-state index in [4.69, 9.17) is 10.2 Å². The highest BCUT2D eigenvalue weighted by Gasteiger charge is 2.12. The fourth-order valence-electron chi connectivity index (χ4n) is 1.90. The Morgan fingerprint density at radius 2 is 2.35 bits per heavy atom. The Morgan fingerprint density at radius 1 is 1.45 bits per heavy atom. The van der Waals surface area contributed by atoms with Crippen LogP contribution in [0.15, 0.2) is 39.0 Å². The van der Waals surface area contributed by atoms with Gasteiger partial charge in [0.2, 0.25) is 0 Å². The summed E-state index contributed by atoms with van der Waals surface area (Å²) in [7, 11) is 0. The topological polar surface area (TPSA) is 74.0 Å². The van der Waals surface area contributed by atoms with Crippen molar-refractivity contribution in [3.63, 3.8) is 0 Å². The minimum Gasteiger partial charge on any atom is -0.406 e. The Morgan fingerprint density at radius 3 is 3.20 bits per heavy atom. The van der Waals surface area contributed by atoms with E-state index in [2.05, 4.69) is 16.8 Å². The van der Waals surface area contributed by atoms with Crippen molar-refractivity contribution in [1.29, 1.82) is 0 Å². The molecule has 0 fully saturated rings. The van der Waals surface area contributed by atoms with Gasteiger partial charge in [-0.05, 0) is 23.6 Å². The van der Waals surface area contributed by atoms with Crippen LogP contribution in [0.4, 0.5) is 0 Å². The summed E-state index contributed by atoms with van der Waals surface area (Å²) in [5.41, 5.74) is 7.30. The quantitative estimate of drug-likeness (QED) is 0.722. The maximum Gasteiger partial charge on any atom is 0.421 e. The molecule has 0 atom stereocenters. The fraction of sp³-hybridized carbons (Fsp3) is 0.143. The van der Waals surface area contributed by atoms with E-state index in [0.717, 1.165) is 10.4 Å². The molecule has 0 aliphatic rings. The molecule has 6 heteroatoms. The molecule has 0 saturated heterocycles. The van der Waals surface area contributed by atoms with Crippen molar-refractivity contribution in [2.45, 2.75) is 6.54 Å². The maximum atomic E-state index is 11.9. The zero-order valence-electron chi connectivity index (χ0n) is 10.5. The lowest BCUT2D eigenvalue weighted by molar-refractivity contribution is 0.518. The van der Waals surface area contributed by atoms with Gasteiger partial charge in [0.05, 0.1) is 13.1 Å². The average molecular weight is 285 g/mol. The molecule has 0 bridgehead atoms. The van der Waals surface area contributed by atoms with Gasteiger partial charge in [0.15, 0.2) is 11.2 Å². The largest absolute Gasteiger partial charge is 0.421 e. The first-order valence-corrected chi connectivity index (χ1v) is 6.87. The molecule has 5 nitrogen and oxygen atoms in total. The van der Waals surface area contributed by atoms with Crippen LogP contribution in [0.3, 0.4) is 0 Å². The van der Waals surface area contributed by atoms with Crippen molar-refractivity contribution in [2.24, 2.45) is 5.73 Å². The molecule has 0 aliphatic heterocycles. The van der Waals surface area contributed by atoms with Gasteiger partial charge in [-0.25, -0.2) is 9.78 Å². The van der Waals surface area contributed by atoms with Gasteiger partial charge >= 0.3 is 5.76 Å². The SMILES string of the molecule is NCC#Cc1ccsc1Cn1c(=O)oc2cccnc21. The third-order valence-electron chi connectivity index (χ3n) is 2.80. The summed E-state index contributed by atoms with van der Waals surface area (Å²) in [4.78, 5) is 17.1. The van der Waals surface area contributed by atoms with Crippen LogP contribution >= 0.6 is 11.3 Å². The highest BCUT2D eigenvalue weighted by molar-refractivity contribution is 7.10. The predicted molar refractivity (Wildman–Crippen MR) is 77.6 cm³/mol. The molecule has 0 amide bonds. The summed E-state index contributed by atoms with van der Waals surface area (Å²) in [6, 6.07) is 5.38. The summed E-state index contributed by atoms with van der Waals surface area (Å²) in [5.74, 6) is 5.41. The van der Waals surface area contributed by atoms with Gasteiger partial charge < -0.3 is 10.2 Å². The van der Waals surface area contributed by atoms with Gasteiger partial charge in [-0.3, -0.25) is 4.57 Å². The molecule has 0 spiro atoms. The van der Waals surface area contributed by atoms with Crippen LogP contribution in [-0.4, -0.2) is 16.1 Å². The van der Waals surface area contributed by atoms with Gasteiger partial charge in [0.25, 0.3) is 0 Å². The number of oxazole rings is 1. The molecule has 0 saturated carbocycles. The lowest BCUT2D eigenvalue weighted by Crippen LogP contribution is -2.15. The lowest BCUT2D eigenvalue weighted by Gasteiger charge is -2.00. The molecule has 3 aromatic rings. The van der Waals surface area contributed by atoms with Gasteiger partial charge in [0, 0.05) is 16.6 Å². The van der Waals surface area contributed by atoms with Crippen LogP contribution in [0.25, 0.3) is 11.2 Å². The van der Waals surface area contributed by atoms with Crippen LogP contribution < -0.4 is 11.5 Å². The van der Waals surface area contributed by atoms with Gasteiger partial charge in [-0.2, -0.15) is 0 Å². The van der Waals surface area contributed by atoms with Crippen LogP contribution in [0, 0.1) is 11.8 Å². The van der Waals surface area contributed by atoms with Gasteiger partial charge in [0.1, 0.15) is 0 Å². The highest BCUT2D eigenvalue weighted by atomic mass is 32.1. The van der Waals surface area contributed by atoms with Crippen molar-refractivity contribution in [1.82, 2.24) is 9.55 Å².